The molecule has 0 radical (unpaired) electrons. The highest BCUT2D eigenvalue weighted by molar-refractivity contribution is 5.55. The molecule has 0 saturated carbocycles. The SMILES string of the molecule is CCNC(Cc1cnn(CC)c1)c1cnn2ccccc12. The molecule has 1 unspecified atom stereocenters. The van der Waals surface area contributed by atoms with Gasteiger partial charge in [-0.05, 0) is 37.6 Å². The van der Waals surface area contributed by atoms with Crippen LogP contribution in [-0.2, 0) is 13.0 Å². The Balaban J connectivity index is 1.90. The van der Waals surface area contributed by atoms with Crippen molar-refractivity contribution in [2.75, 3.05) is 6.54 Å². The van der Waals surface area contributed by atoms with Gasteiger partial charge in [0.15, 0.2) is 0 Å². The topological polar surface area (TPSA) is 47.2 Å². The fraction of sp³-hybridized carbons (Fsp3) is 0.375. The van der Waals surface area contributed by atoms with Crippen molar-refractivity contribution < 1.29 is 0 Å². The van der Waals surface area contributed by atoms with Gasteiger partial charge in [0.1, 0.15) is 0 Å². The van der Waals surface area contributed by atoms with Gasteiger partial charge in [-0.25, -0.2) is 4.52 Å². The monoisotopic (exact) mass is 283 g/mol. The summed E-state index contributed by atoms with van der Waals surface area (Å²) in [4.78, 5) is 0. The Kier molecular flexibility index (Phi) is 4.01. The third-order valence-corrected chi connectivity index (χ3v) is 3.73. The van der Waals surface area contributed by atoms with Crippen LogP contribution >= 0.6 is 0 Å². The first kappa shape index (κ1) is 13.8. The molecule has 0 saturated heterocycles. The van der Waals surface area contributed by atoms with E-state index in [9.17, 15) is 0 Å². The minimum absolute atomic E-state index is 0.254. The van der Waals surface area contributed by atoms with Gasteiger partial charge in [-0.15, -0.1) is 0 Å². The van der Waals surface area contributed by atoms with E-state index >= 15 is 0 Å². The number of hydrogen-bond acceptors (Lipinski definition) is 3. The van der Waals surface area contributed by atoms with Crippen LogP contribution in [0.25, 0.3) is 5.52 Å². The van der Waals surface area contributed by atoms with E-state index in [4.69, 9.17) is 0 Å². The van der Waals surface area contributed by atoms with Crippen molar-refractivity contribution in [3.63, 3.8) is 0 Å². The lowest BCUT2D eigenvalue weighted by Crippen LogP contribution is -2.22. The van der Waals surface area contributed by atoms with Gasteiger partial charge in [0.05, 0.1) is 17.9 Å². The highest BCUT2D eigenvalue weighted by Gasteiger charge is 2.16. The molecule has 5 nitrogen and oxygen atoms in total. The largest absolute Gasteiger partial charge is 0.310 e. The van der Waals surface area contributed by atoms with Crippen molar-refractivity contribution in [1.29, 1.82) is 0 Å². The summed E-state index contributed by atoms with van der Waals surface area (Å²) in [6.45, 7) is 6.07. The predicted molar refractivity (Wildman–Crippen MR) is 83.2 cm³/mol. The lowest BCUT2D eigenvalue weighted by molar-refractivity contribution is 0.552. The number of nitrogens with one attached hydrogen (secondary N) is 1. The van der Waals surface area contributed by atoms with Gasteiger partial charge in [-0.1, -0.05) is 13.0 Å². The Labute approximate surface area is 124 Å². The van der Waals surface area contributed by atoms with Gasteiger partial charge in [-0.3, -0.25) is 4.68 Å². The van der Waals surface area contributed by atoms with E-state index in [-0.39, 0.29) is 6.04 Å². The van der Waals surface area contributed by atoms with E-state index in [2.05, 4.69) is 47.7 Å². The summed E-state index contributed by atoms with van der Waals surface area (Å²) in [5, 5.41) is 12.4. The number of hydrogen-bond donors (Lipinski definition) is 1. The Hall–Kier alpha value is -2.14. The summed E-state index contributed by atoms with van der Waals surface area (Å²) in [5.74, 6) is 0. The maximum absolute atomic E-state index is 4.44. The van der Waals surface area contributed by atoms with E-state index < -0.39 is 0 Å². The second-order valence-corrected chi connectivity index (χ2v) is 5.15. The minimum atomic E-state index is 0.254. The summed E-state index contributed by atoms with van der Waals surface area (Å²) in [6.07, 6.45) is 8.95. The summed E-state index contributed by atoms with van der Waals surface area (Å²) in [6, 6.07) is 6.42. The highest BCUT2D eigenvalue weighted by Crippen LogP contribution is 2.22. The molecule has 0 aliphatic rings. The first-order valence-corrected chi connectivity index (χ1v) is 7.48. The summed E-state index contributed by atoms with van der Waals surface area (Å²) >= 11 is 0. The molecule has 0 aromatic carbocycles. The molecule has 0 bridgehead atoms. The lowest BCUT2D eigenvalue weighted by atomic mass is 10.0. The molecule has 3 rings (SSSR count). The zero-order valence-electron chi connectivity index (χ0n) is 12.5. The van der Waals surface area contributed by atoms with Crippen molar-refractivity contribution in [3.05, 3.63) is 54.1 Å². The van der Waals surface area contributed by atoms with Gasteiger partial charge in [0.2, 0.25) is 0 Å². The van der Waals surface area contributed by atoms with Crippen molar-refractivity contribution in [2.24, 2.45) is 0 Å². The van der Waals surface area contributed by atoms with Crippen LogP contribution in [0.4, 0.5) is 0 Å². The second kappa shape index (κ2) is 6.10. The van der Waals surface area contributed by atoms with E-state index in [1.54, 1.807) is 0 Å². The van der Waals surface area contributed by atoms with Crippen LogP contribution in [0.2, 0.25) is 0 Å². The van der Waals surface area contributed by atoms with Crippen LogP contribution in [0.5, 0.6) is 0 Å². The van der Waals surface area contributed by atoms with Crippen molar-refractivity contribution >= 4 is 5.52 Å². The molecular weight excluding hydrogens is 262 g/mol. The number of aryl methyl sites for hydroxylation is 1. The van der Waals surface area contributed by atoms with Crippen LogP contribution in [0, 0.1) is 0 Å². The van der Waals surface area contributed by atoms with Crippen LogP contribution in [0.15, 0.2) is 43.0 Å². The molecule has 3 aromatic heterocycles. The van der Waals surface area contributed by atoms with E-state index in [1.807, 2.05) is 33.9 Å². The van der Waals surface area contributed by atoms with E-state index in [0.717, 1.165) is 25.0 Å². The van der Waals surface area contributed by atoms with Crippen LogP contribution in [0.1, 0.15) is 31.0 Å². The average molecular weight is 283 g/mol. The Morgan fingerprint density at radius 3 is 2.86 bits per heavy atom. The number of nitrogens with zero attached hydrogens (tertiary/aromatic N) is 4. The van der Waals surface area contributed by atoms with Crippen molar-refractivity contribution in [1.82, 2.24) is 24.7 Å². The fourth-order valence-electron chi connectivity index (χ4n) is 2.68. The van der Waals surface area contributed by atoms with Crippen molar-refractivity contribution in [2.45, 2.75) is 32.9 Å². The van der Waals surface area contributed by atoms with Gasteiger partial charge in [0, 0.05) is 30.5 Å². The maximum Gasteiger partial charge on any atom is 0.0709 e. The normalized spacial score (nSPS) is 12.9. The zero-order valence-corrected chi connectivity index (χ0v) is 12.5. The quantitative estimate of drug-likeness (QED) is 0.756. The first-order chi connectivity index (χ1) is 10.3. The minimum Gasteiger partial charge on any atom is -0.310 e. The Bertz CT molecular complexity index is 712. The second-order valence-electron chi connectivity index (χ2n) is 5.15. The standard InChI is InChI=1S/C16H21N5/c1-3-17-15(9-13-10-18-20(4-2)12-13)14-11-19-21-8-6-5-7-16(14)21/h5-8,10-12,15,17H,3-4,9H2,1-2H3. The van der Waals surface area contributed by atoms with Gasteiger partial charge in [0.25, 0.3) is 0 Å². The smallest absolute Gasteiger partial charge is 0.0709 e. The van der Waals surface area contributed by atoms with E-state index in [1.165, 1.54) is 11.1 Å². The Morgan fingerprint density at radius 2 is 2.10 bits per heavy atom. The van der Waals surface area contributed by atoms with Gasteiger partial charge in [-0.2, -0.15) is 10.2 Å². The number of pyridine rings is 1. The predicted octanol–water partition coefficient (Wildman–Crippen LogP) is 2.44. The molecule has 0 fully saturated rings. The molecule has 0 aliphatic carbocycles. The third-order valence-electron chi connectivity index (χ3n) is 3.73. The zero-order chi connectivity index (χ0) is 14.7. The molecular formula is C16H21N5. The molecule has 5 heteroatoms. The number of rotatable bonds is 6. The molecule has 0 spiro atoms. The summed E-state index contributed by atoms with van der Waals surface area (Å²) in [5.41, 5.74) is 3.64. The summed E-state index contributed by atoms with van der Waals surface area (Å²) in [7, 11) is 0. The van der Waals surface area contributed by atoms with E-state index in [0.29, 0.717) is 0 Å². The molecule has 21 heavy (non-hydrogen) atoms. The fourth-order valence-corrected chi connectivity index (χ4v) is 2.68. The number of fused-ring (bicyclic) bond motifs is 1. The molecule has 0 amide bonds. The summed E-state index contributed by atoms with van der Waals surface area (Å²) < 4.78 is 3.89. The van der Waals surface area contributed by atoms with Crippen molar-refractivity contribution in [3.8, 4) is 0 Å². The third kappa shape index (κ3) is 2.83. The molecule has 3 aromatic rings. The number of likely N-dealkylation sites (N-methyl/N-ethyl adjacent to an activating group) is 1. The first-order valence-electron chi connectivity index (χ1n) is 7.48. The van der Waals surface area contributed by atoms with Gasteiger partial charge < -0.3 is 5.32 Å². The molecule has 3 heterocycles. The Morgan fingerprint density at radius 1 is 1.19 bits per heavy atom. The highest BCUT2D eigenvalue weighted by atomic mass is 15.3. The lowest BCUT2D eigenvalue weighted by Gasteiger charge is -2.16. The molecule has 1 atom stereocenters. The maximum atomic E-state index is 4.44. The van der Waals surface area contributed by atoms with Crippen LogP contribution < -0.4 is 5.32 Å². The van der Waals surface area contributed by atoms with Gasteiger partial charge >= 0.3 is 0 Å². The molecule has 1 N–H and O–H groups in total. The van der Waals surface area contributed by atoms with Crippen LogP contribution in [0.3, 0.4) is 0 Å². The van der Waals surface area contributed by atoms with Crippen LogP contribution in [-0.4, -0.2) is 25.9 Å². The number of aromatic nitrogens is 4. The molecule has 0 aliphatic heterocycles. The average Bonchev–Trinajstić information content (AvgIpc) is 3.13. The molecule has 110 valence electrons.